The van der Waals surface area contributed by atoms with E-state index >= 15 is 0 Å². The first kappa shape index (κ1) is 19.7. The molecule has 0 amide bonds. The number of aryl methyl sites for hydroxylation is 3. The molecule has 0 bridgehead atoms. The Morgan fingerprint density at radius 1 is 1.07 bits per heavy atom. The minimum Gasteiger partial charge on any atom is -0.496 e. The molecule has 1 aliphatic rings. The van der Waals surface area contributed by atoms with Crippen LogP contribution in [0.5, 0.6) is 5.75 Å². The first-order chi connectivity index (χ1) is 14.0. The van der Waals surface area contributed by atoms with Gasteiger partial charge in [-0.05, 0) is 57.4 Å². The summed E-state index contributed by atoms with van der Waals surface area (Å²) in [7, 11) is 1.74. The van der Waals surface area contributed by atoms with Crippen LogP contribution in [-0.2, 0) is 13.1 Å². The van der Waals surface area contributed by atoms with Crippen molar-refractivity contribution in [1.82, 2.24) is 24.2 Å². The molecule has 6 heteroatoms. The van der Waals surface area contributed by atoms with Gasteiger partial charge in [-0.1, -0.05) is 6.07 Å². The maximum Gasteiger partial charge on any atom is 0.123 e. The Morgan fingerprint density at radius 2 is 1.86 bits per heavy atom. The first-order valence-corrected chi connectivity index (χ1v) is 10.4. The van der Waals surface area contributed by atoms with E-state index in [1.807, 2.05) is 19.3 Å². The van der Waals surface area contributed by atoms with Crippen LogP contribution in [0.25, 0.3) is 0 Å². The van der Waals surface area contributed by atoms with E-state index in [0.29, 0.717) is 6.04 Å². The van der Waals surface area contributed by atoms with Gasteiger partial charge in [0.1, 0.15) is 11.6 Å². The monoisotopic (exact) mass is 393 g/mol. The smallest absolute Gasteiger partial charge is 0.123 e. The third kappa shape index (κ3) is 4.37. The van der Waals surface area contributed by atoms with Crippen molar-refractivity contribution >= 4 is 0 Å². The summed E-state index contributed by atoms with van der Waals surface area (Å²) in [5.41, 5.74) is 4.92. The lowest BCUT2D eigenvalue weighted by atomic mass is 10.0. The Hall–Kier alpha value is -2.60. The Labute approximate surface area is 173 Å². The molecule has 1 aliphatic heterocycles. The molecule has 3 aromatic rings. The van der Waals surface area contributed by atoms with Crippen LogP contribution in [0.3, 0.4) is 0 Å². The van der Waals surface area contributed by atoms with Crippen molar-refractivity contribution in [3.05, 3.63) is 65.0 Å². The zero-order valence-corrected chi connectivity index (χ0v) is 17.9. The van der Waals surface area contributed by atoms with Crippen LogP contribution in [0.4, 0.5) is 0 Å². The van der Waals surface area contributed by atoms with E-state index in [4.69, 9.17) is 9.84 Å². The molecule has 154 valence electrons. The predicted octanol–water partition coefficient (Wildman–Crippen LogP) is 3.90. The SMILES string of the molecule is COc1ccc(CN2CCC(n3nc(C)cc3C)CC2)cc1Cn1ccnc1C. The normalized spacial score (nSPS) is 15.7. The van der Waals surface area contributed by atoms with Crippen molar-refractivity contribution in [1.29, 1.82) is 0 Å². The second-order valence-corrected chi connectivity index (χ2v) is 8.13. The molecule has 3 heterocycles. The third-order valence-corrected chi connectivity index (χ3v) is 5.96. The molecule has 1 fully saturated rings. The number of hydrogen-bond donors (Lipinski definition) is 0. The highest BCUT2D eigenvalue weighted by Gasteiger charge is 2.22. The molecular weight excluding hydrogens is 362 g/mol. The summed E-state index contributed by atoms with van der Waals surface area (Å²) in [6.45, 7) is 10.2. The molecule has 0 radical (unpaired) electrons. The number of aromatic nitrogens is 4. The van der Waals surface area contributed by atoms with Gasteiger partial charge in [-0.2, -0.15) is 5.10 Å². The van der Waals surface area contributed by atoms with Crippen molar-refractivity contribution in [2.75, 3.05) is 20.2 Å². The van der Waals surface area contributed by atoms with Crippen molar-refractivity contribution in [3.63, 3.8) is 0 Å². The summed E-state index contributed by atoms with van der Waals surface area (Å²) in [5, 5.41) is 4.69. The number of hydrogen-bond acceptors (Lipinski definition) is 4. The van der Waals surface area contributed by atoms with Gasteiger partial charge < -0.3 is 9.30 Å². The predicted molar refractivity (Wildman–Crippen MR) is 114 cm³/mol. The van der Waals surface area contributed by atoms with Gasteiger partial charge in [-0.25, -0.2) is 4.98 Å². The van der Waals surface area contributed by atoms with E-state index in [2.05, 4.69) is 57.2 Å². The van der Waals surface area contributed by atoms with Crippen molar-refractivity contribution < 1.29 is 4.74 Å². The van der Waals surface area contributed by atoms with Gasteiger partial charge in [0.05, 0.1) is 25.4 Å². The fraction of sp³-hybridized carbons (Fsp3) is 0.478. The number of benzene rings is 1. The van der Waals surface area contributed by atoms with Gasteiger partial charge in [0.2, 0.25) is 0 Å². The van der Waals surface area contributed by atoms with Crippen LogP contribution in [0.1, 0.15) is 47.2 Å². The first-order valence-electron chi connectivity index (χ1n) is 10.4. The lowest BCUT2D eigenvalue weighted by Crippen LogP contribution is -2.34. The topological polar surface area (TPSA) is 48.1 Å². The number of nitrogens with zero attached hydrogens (tertiary/aromatic N) is 5. The zero-order chi connectivity index (χ0) is 20.4. The van der Waals surface area contributed by atoms with E-state index in [9.17, 15) is 0 Å². The van der Waals surface area contributed by atoms with E-state index in [1.54, 1.807) is 7.11 Å². The lowest BCUT2D eigenvalue weighted by molar-refractivity contribution is 0.172. The highest BCUT2D eigenvalue weighted by Crippen LogP contribution is 2.26. The molecule has 6 nitrogen and oxygen atoms in total. The quantitative estimate of drug-likeness (QED) is 0.637. The summed E-state index contributed by atoms with van der Waals surface area (Å²) in [6, 6.07) is 9.27. The molecule has 2 aromatic heterocycles. The summed E-state index contributed by atoms with van der Waals surface area (Å²) in [4.78, 5) is 6.88. The molecule has 0 unspecified atom stereocenters. The van der Waals surface area contributed by atoms with Gasteiger partial charge in [0.25, 0.3) is 0 Å². The van der Waals surface area contributed by atoms with Crippen molar-refractivity contribution in [2.45, 2.75) is 52.7 Å². The lowest BCUT2D eigenvalue weighted by Gasteiger charge is -2.32. The largest absolute Gasteiger partial charge is 0.496 e. The molecule has 29 heavy (non-hydrogen) atoms. The van der Waals surface area contributed by atoms with Crippen LogP contribution in [0, 0.1) is 20.8 Å². The Bertz CT molecular complexity index is 966. The summed E-state index contributed by atoms with van der Waals surface area (Å²) in [5.74, 6) is 1.95. The van der Waals surface area contributed by atoms with E-state index in [-0.39, 0.29) is 0 Å². The summed E-state index contributed by atoms with van der Waals surface area (Å²) >= 11 is 0. The van der Waals surface area contributed by atoms with Crippen molar-refractivity contribution in [3.8, 4) is 5.75 Å². The van der Waals surface area contributed by atoms with E-state index in [0.717, 1.165) is 56.3 Å². The van der Waals surface area contributed by atoms with E-state index in [1.165, 1.54) is 16.8 Å². The van der Waals surface area contributed by atoms with Crippen LogP contribution in [0.2, 0.25) is 0 Å². The molecule has 0 atom stereocenters. The number of rotatable bonds is 6. The Balaban J connectivity index is 1.41. The van der Waals surface area contributed by atoms with Crippen LogP contribution in [0.15, 0.2) is 36.7 Å². The molecule has 1 saturated heterocycles. The molecular formula is C23H31N5O. The Morgan fingerprint density at radius 3 is 2.48 bits per heavy atom. The maximum absolute atomic E-state index is 5.60. The molecule has 0 saturated carbocycles. The molecule has 1 aromatic carbocycles. The van der Waals surface area contributed by atoms with Crippen LogP contribution < -0.4 is 4.74 Å². The number of methoxy groups -OCH3 is 1. The number of likely N-dealkylation sites (tertiary alicyclic amines) is 1. The standard InChI is InChI=1S/C23H31N5O/c1-17-13-18(2)28(25-17)22-7-10-26(11-8-22)15-20-5-6-23(29-4)21(14-20)16-27-12-9-24-19(27)3/h5-6,9,12-14,22H,7-8,10-11,15-16H2,1-4H3. The van der Waals surface area contributed by atoms with Crippen LogP contribution >= 0.6 is 0 Å². The third-order valence-electron chi connectivity index (χ3n) is 5.96. The van der Waals surface area contributed by atoms with Gasteiger partial charge in [0.15, 0.2) is 0 Å². The fourth-order valence-corrected chi connectivity index (χ4v) is 4.40. The van der Waals surface area contributed by atoms with Crippen molar-refractivity contribution in [2.24, 2.45) is 0 Å². The van der Waals surface area contributed by atoms with Gasteiger partial charge in [-0.15, -0.1) is 0 Å². The van der Waals surface area contributed by atoms with Gasteiger partial charge in [0, 0.05) is 43.3 Å². The zero-order valence-electron chi connectivity index (χ0n) is 17.9. The maximum atomic E-state index is 5.60. The van der Waals surface area contributed by atoms with E-state index < -0.39 is 0 Å². The summed E-state index contributed by atoms with van der Waals surface area (Å²) < 4.78 is 9.98. The number of piperidine rings is 1. The Kier molecular flexibility index (Phi) is 5.72. The average Bonchev–Trinajstić information content (AvgIpc) is 3.27. The fourth-order valence-electron chi connectivity index (χ4n) is 4.40. The molecule has 0 N–H and O–H groups in total. The number of ether oxygens (including phenoxy) is 1. The minimum absolute atomic E-state index is 0.524. The minimum atomic E-state index is 0.524. The molecule has 0 aliphatic carbocycles. The highest BCUT2D eigenvalue weighted by molar-refractivity contribution is 5.37. The second-order valence-electron chi connectivity index (χ2n) is 8.13. The molecule has 4 rings (SSSR count). The average molecular weight is 394 g/mol. The van der Waals surface area contributed by atoms with Gasteiger partial charge in [-0.3, -0.25) is 9.58 Å². The van der Waals surface area contributed by atoms with Crippen LogP contribution in [-0.4, -0.2) is 44.4 Å². The molecule has 0 spiro atoms. The second kappa shape index (κ2) is 8.41. The number of imidazole rings is 1. The van der Waals surface area contributed by atoms with Gasteiger partial charge >= 0.3 is 0 Å². The summed E-state index contributed by atoms with van der Waals surface area (Å²) in [6.07, 6.45) is 6.17. The highest BCUT2D eigenvalue weighted by atomic mass is 16.5.